The van der Waals surface area contributed by atoms with Crippen LogP contribution in [-0.4, -0.2) is 17.6 Å². The SMILES string of the molecule is CCCNC(CCCc1ccc(Br)cn1)C1CC1. The van der Waals surface area contributed by atoms with Gasteiger partial charge in [0.1, 0.15) is 0 Å². The van der Waals surface area contributed by atoms with Gasteiger partial charge in [0, 0.05) is 22.4 Å². The average molecular weight is 311 g/mol. The minimum atomic E-state index is 0.750. The van der Waals surface area contributed by atoms with Gasteiger partial charge in [0.15, 0.2) is 0 Å². The molecular formula is C15H23BrN2. The molecule has 1 N–H and O–H groups in total. The van der Waals surface area contributed by atoms with Crippen LogP contribution in [0, 0.1) is 5.92 Å². The Morgan fingerprint density at radius 1 is 1.44 bits per heavy atom. The van der Waals surface area contributed by atoms with Gasteiger partial charge in [0.05, 0.1) is 0 Å². The molecule has 2 rings (SSSR count). The summed E-state index contributed by atoms with van der Waals surface area (Å²) < 4.78 is 1.06. The van der Waals surface area contributed by atoms with Crippen LogP contribution >= 0.6 is 15.9 Å². The van der Waals surface area contributed by atoms with Crippen molar-refractivity contribution in [3.8, 4) is 0 Å². The van der Waals surface area contributed by atoms with Crippen molar-refractivity contribution >= 4 is 15.9 Å². The highest BCUT2D eigenvalue weighted by Gasteiger charge is 2.29. The molecule has 0 spiro atoms. The number of aromatic nitrogens is 1. The van der Waals surface area contributed by atoms with Gasteiger partial charge in [0.25, 0.3) is 0 Å². The van der Waals surface area contributed by atoms with Gasteiger partial charge in [-0.1, -0.05) is 6.92 Å². The van der Waals surface area contributed by atoms with Crippen molar-refractivity contribution in [1.29, 1.82) is 0 Å². The molecule has 0 aliphatic heterocycles. The molecule has 3 heteroatoms. The second kappa shape index (κ2) is 7.25. The summed E-state index contributed by atoms with van der Waals surface area (Å²) in [4.78, 5) is 4.43. The number of hydrogen-bond donors (Lipinski definition) is 1. The topological polar surface area (TPSA) is 24.9 Å². The van der Waals surface area contributed by atoms with Crippen LogP contribution in [0.15, 0.2) is 22.8 Å². The first-order valence-corrected chi connectivity index (χ1v) is 7.92. The Kier molecular flexibility index (Phi) is 5.64. The van der Waals surface area contributed by atoms with E-state index in [1.807, 2.05) is 6.20 Å². The van der Waals surface area contributed by atoms with Gasteiger partial charge in [-0.25, -0.2) is 0 Å². The van der Waals surface area contributed by atoms with E-state index >= 15 is 0 Å². The lowest BCUT2D eigenvalue weighted by Crippen LogP contribution is -2.31. The van der Waals surface area contributed by atoms with Crippen LogP contribution in [0.5, 0.6) is 0 Å². The molecule has 1 atom stereocenters. The summed E-state index contributed by atoms with van der Waals surface area (Å²) in [6.07, 6.45) is 9.62. The quantitative estimate of drug-likeness (QED) is 0.786. The summed E-state index contributed by atoms with van der Waals surface area (Å²) in [6.45, 7) is 3.40. The van der Waals surface area contributed by atoms with E-state index in [0.717, 1.165) is 29.4 Å². The molecule has 1 saturated carbocycles. The highest BCUT2D eigenvalue weighted by atomic mass is 79.9. The Morgan fingerprint density at radius 2 is 2.28 bits per heavy atom. The second-order valence-corrected chi connectivity index (χ2v) is 6.17. The van der Waals surface area contributed by atoms with Gasteiger partial charge in [-0.05, 0) is 79.1 Å². The van der Waals surface area contributed by atoms with E-state index < -0.39 is 0 Å². The van der Waals surface area contributed by atoms with E-state index in [2.05, 4.69) is 45.3 Å². The van der Waals surface area contributed by atoms with Crippen molar-refractivity contribution < 1.29 is 0 Å². The molecule has 1 aliphatic rings. The largest absolute Gasteiger partial charge is 0.314 e. The van der Waals surface area contributed by atoms with Crippen LogP contribution < -0.4 is 5.32 Å². The minimum Gasteiger partial charge on any atom is -0.314 e. The third-order valence-electron chi connectivity index (χ3n) is 3.58. The van der Waals surface area contributed by atoms with Gasteiger partial charge < -0.3 is 5.32 Å². The molecule has 0 amide bonds. The molecule has 1 unspecified atom stereocenters. The zero-order valence-corrected chi connectivity index (χ0v) is 12.7. The lowest BCUT2D eigenvalue weighted by atomic mass is 10.0. The maximum absolute atomic E-state index is 4.43. The smallest absolute Gasteiger partial charge is 0.0413 e. The molecule has 100 valence electrons. The lowest BCUT2D eigenvalue weighted by molar-refractivity contribution is 0.424. The number of rotatable bonds is 8. The standard InChI is InChI=1S/C15H23BrN2/c1-2-10-17-15(12-6-7-12)5-3-4-14-9-8-13(16)11-18-14/h8-9,11-12,15,17H,2-7,10H2,1H3. The summed E-state index contributed by atoms with van der Waals surface area (Å²) in [5.41, 5.74) is 1.21. The van der Waals surface area contributed by atoms with Crippen LogP contribution in [0.4, 0.5) is 0 Å². The number of nitrogens with zero attached hydrogens (tertiary/aromatic N) is 1. The number of halogens is 1. The summed E-state index contributed by atoms with van der Waals surface area (Å²) in [5, 5.41) is 3.70. The van der Waals surface area contributed by atoms with Crippen LogP contribution in [-0.2, 0) is 6.42 Å². The summed E-state index contributed by atoms with van der Waals surface area (Å²) in [6, 6.07) is 4.95. The van der Waals surface area contributed by atoms with Crippen LogP contribution in [0.25, 0.3) is 0 Å². The maximum atomic E-state index is 4.43. The fourth-order valence-electron chi connectivity index (χ4n) is 2.39. The highest BCUT2D eigenvalue weighted by molar-refractivity contribution is 9.10. The Hall–Kier alpha value is -0.410. The average Bonchev–Trinajstić information content (AvgIpc) is 3.20. The summed E-state index contributed by atoms with van der Waals surface area (Å²) in [7, 11) is 0. The monoisotopic (exact) mass is 310 g/mol. The molecule has 0 aromatic carbocycles. The zero-order valence-electron chi connectivity index (χ0n) is 11.2. The van der Waals surface area contributed by atoms with E-state index in [4.69, 9.17) is 0 Å². The first kappa shape index (κ1) is 14.0. The van der Waals surface area contributed by atoms with Gasteiger partial charge in [-0.3, -0.25) is 4.98 Å². The van der Waals surface area contributed by atoms with Gasteiger partial charge in [-0.2, -0.15) is 0 Å². The summed E-state index contributed by atoms with van der Waals surface area (Å²) in [5.74, 6) is 0.953. The minimum absolute atomic E-state index is 0.750. The first-order chi connectivity index (χ1) is 8.79. The van der Waals surface area contributed by atoms with Crippen molar-refractivity contribution in [2.24, 2.45) is 5.92 Å². The van der Waals surface area contributed by atoms with Crippen molar-refractivity contribution in [3.05, 3.63) is 28.5 Å². The van der Waals surface area contributed by atoms with E-state index in [1.54, 1.807) is 0 Å². The third kappa shape index (κ3) is 4.69. The summed E-state index contributed by atoms with van der Waals surface area (Å²) >= 11 is 3.42. The van der Waals surface area contributed by atoms with Crippen LogP contribution in [0.3, 0.4) is 0 Å². The Morgan fingerprint density at radius 3 is 2.89 bits per heavy atom. The van der Waals surface area contributed by atoms with Crippen LogP contribution in [0.2, 0.25) is 0 Å². The second-order valence-electron chi connectivity index (χ2n) is 5.26. The third-order valence-corrected chi connectivity index (χ3v) is 4.05. The molecule has 0 radical (unpaired) electrons. The molecule has 2 nitrogen and oxygen atoms in total. The number of pyridine rings is 1. The Bertz CT molecular complexity index is 346. The molecule has 18 heavy (non-hydrogen) atoms. The zero-order chi connectivity index (χ0) is 12.8. The fourth-order valence-corrected chi connectivity index (χ4v) is 2.62. The molecule has 1 aromatic heterocycles. The predicted molar refractivity (Wildman–Crippen MR) is 79.7 cm³/mol. The number of aryl methyl sites for hydroxylation is 1. The van der Waals surface area contributed by atoms with Crippen molar-refractivity contribution in [3.63, 3.8) is 0 Å². The normalized spacial score (nSPS) is 16.8. The molecule has 0 saturated heterocycles. The predicted octanol–water partition coefficient (Wildman–Crippen LogP) is 3.95. The van der Waals surface area contributed by atoms with E-state index in [0.29, 0.717) is 0 Å². The molecule has 1 fully saturated rings. The maximum Gasteiger partial charge on any atom is 0.0413 e. The van der Waals surface area contributed by atoms with Gasteiger partial charge in [0.2, 0.25) is 0 Å². The Labute approximate surface area is 119 Å². The number of hydrogen-bond acceptors (Lipinski definition) is 2. The molecular weight excluding hydrogens is 288 g/mol. The Balaban J connectivity index is 1.70. The molecule has 0 bridgehead atoms. The van der Waals surface area contributed by atoms with Gasteiger partial charge >= 0.3 is 0 Å². The number of nitrogens with one attached hydrogen (secondary N) is 1. The first-order valence-electron chi connectivity index (χ1n) is 7.13. The van der Waals surface area contributed by atoms with E-state index in [9.17, 15) is 0 Å². The molecule has 1 aromatic rings. The van der Waals surface area contributed by atoms with E-state index in [1.165, 1.54) is 37.8 Å². The highest BCUT2D eigenvalue weighted by Crippen LogP contribution is 2.34. The van der Waals surface area contributed by atoms with E-state index in [-0.39, 0.29) is 0 Å². The van der Waals surface area contributed by atoms with Crippen molar-refractivity contribution in [2.75, 3.05) is 6.54 Å². The fraction of sp³-hybridized carbons (Fsp3) is 0.667. The molecule has 1 heterocycles. The lowest BCUT2D eigenvalue weighted by Gasteiger charge is -2.17. The van der Waals surface area contributed by atoms with Crippen molar-refractivity contribution in [2.45, 2.75) is 51.5 Å². The van der Waals surface area contributed by atoms with Crippen molar-refractivity contribution in [1.82, 2.24) is 10.3 Å². The van der Waals surface area contributed by atoms with Gasteiger partial charge in [-0.15, -0.1) is 0 Å². The van der Waals surface area contributed by atoms with Crippen LogP contribution in [0.1, 0.15) is 44.7 Å². The molecule has 1 aliphatic carbocycles.